The average molecular weight is 218 g/mol. The predicted molar refractivity (Wildman–Crippen MR) is 49.7 cm³/mol. The van der Waals surface area contributed by atoms with E-state index in [9.17, 15) is 14.4 Å². The summed E-state index contributed by atoms with van der Waals surface area (Å²) in [6.07, 6.45) is -1.63. The highest BCUT2D eigenvalue weighted by Gasteiger charge is 2.21. The van der Waals surface area contributed by atoms with Crippen molar-refractivity contribution in [2.75, 3.05) is 0 Å². The maximum Gasteiger partial charge on any atom is 0.305 e. The maximum atomic E-state index is 11.1. The Labute approximate surface area is 86.3 Å². The molecule has 0 saturated heterocycles. The molecule has 2 atom stereocenters. The van der Waals surface area contributed by atoms with Crippen LogP contribution < -0.4 is 11.1 Å². The van der Waals surface area contributed by atoms with E-state index in [2.05, 4.69) is 5.32 Å². The summed E-state index contributed by atoms with van der Waals surface area (Å²) in [7, 11) is 0. The molecule has 0 aliphatic rings. The lowest BCUT2D eigenvalue weighted by atomic mass is 10.2. The first-order valence-electron chi connectivity index (χ1n) is 4.31. The van der Waals surface area contributed by atoms with Crippen LogP contribution in [0.5, 0.6) is 0 Å². The molecule has 0 aromatic rings. The second kappa shape index (κ2) is 5.97. The molecule has 0 spiro atoms. The Morgan fingerprint density at radius 1 is 1.33 bits per heavy atom. The van der Waals surface area contributed by atoms with Crippen LogP contribution in [0.25, 0.3) is 0 Å². The van der Waals surface area contributed by atoms with Gasteiger partial charge in [0.2, 0.25) is 11.8 Å². The molecule has 0 bridgehead atoms. The largest absolute Gasteiger partial charge is 0.481 e. The Kier molecular flexibility index (Phi) is 5.32. The van der Waals surface area contributed by atoms with Crippen LogP contribution >= 0.6 is 0 Å². The van der Waals surface area contributed by atoms with E-state index in [1.54, 1.807) is 0 Å². The number of aliphatic hydroxyl groups excluding tert-OH is 1. The minimum Gasteiger partial charge on any atom is -0.481 e. The van der Waals surface area contributed by atoms with Gasteiger partial charge in [0.15, 0.2) is 0 Å². The minimum absolute atomic E-state index is 0.205. The van der Waals surface area contributed by atoms with E-state index in [4.69, 9.17) is 15.9 Å². The van der Waals surface area contributed by atoms with Gasteiger partial charge >= 0.3 is 5.97 Å². The molecule has 2 amide bonds. The molecule has 0 saturated carbocycles. The molecule has 7 nitrogen and oxygen atoms in total. The molecule has 0 aromatic carbocycles. The number of amides is 2. The number of aliphatic hydroxyl groups is 1. The number of nitrogens with one attached hydrogen (secondary N) is 1. The summed E-state index contributed by atoms with van der Waals surface area (Å²) in [5.74, 6) is -2.78. The molecule has 0 aliphatic heterocycles. The van der Waals surface area contributed by atoms with Gasteiger partial charge in [0.05, 0.1) is 18.9 Å². The Hall–Kier alpha value is -1.63. The first kappa shape index (κ1) is 13.4. The van der Waals surface area contributed by atoms with Crippen molar-refractivity contribution in [3.63, 3.8) is 0 Å². The molecule has 0 heterocycles. The van der Waals surface area contributed by atoms with Crippen LogP contribution in [0.15, 0.2) is 0 Å². The van der Waals surface area contributed by atoms with Gasteiger partial charge in [-0.3, -0.25) is 14.4 Å². The molecule has 7 heteroatoms. The van der Waals surface area contributed by atoms with Crippen molar-refractivity contribution in [3.8, 4) is 0 Å². The van der Waals surface area contributed by atoms with Gasteiger partial charge in [-0.25, -0.2) is 0 Å². The van der Waals surface area contributed by atoms with Crippen LogP contribution in [0.3, 0.4) is 0 Å². The molecule has 0 aliphatic carbocycles. The number of nitrogens with two attached hydrogens (primary N) is 1. The number of rotatable bonds is 6. The van der Waals surface area contributed by atoms with Crippen LogP contribution in [0, 0.1) is 0 Å². The lowest BCUT2D eigenvalue weighted by Gasteiger charge is -2.13. The normalized spacial score (nSPS) is 14.0. The SMILES string of the molecule is C[C@@H](O)CC(=O)N[C@@H](CC(=O)O)C(N)=O. The van der Waals surface area contributed by atoms with Gasteiger partial charge < -0.3 is 21.3 Å². The van der Waals surface area contributed by atoms with Crippen molar-refractivity contribution in [1.29, 1.82) is 0 Å². The van der Waals surface area contributed by atoms with Crippen molar-refractivity contribution in [3.05, 3.63) is 0 Å². The number of hydrogen-bond donors (Lipinski definition) is 4. The Balaban J connectivity index is 4.22. The number of carbonyl (C=O) groups excluding carboxylic acids is 2. The highest BCUT2D eigenvalue weighted by atomic mass is 16.4. The third-order valence-corrected chi connectivity index (χ3v) is 1.54. The molecule has 5 N–H and O–H groups in total. The highest BCUT2D eigenvalue weighted by Crippen LogP contribution is 1.95. The molecule has 0 aromatic heterocycles. The summed E-state index contributed by atoms with van der Waals surface area (Å²) in [6.45, 7) is 1.40. The van der Waals surface area contributed by atoms with Gasteiger partial charge in [-0.15, -0.1) is 0 Å². The lowest BCUT2D eigenvalue weighted by Crippen LogP contribution is -2.46. The maximum absolute atomic E-state index is 11.1. The van der Waals surface area contributed by atoms with Crippen LogP contribution in [-0.2, 0) is 14.4 Å². The second-order valence-electron chi connectivity index (χ2n) is 3.17. The standard InChI is InChI=1S/C8H14N2O5/c1-4(11)2-6(12)10-5(8(9)15)3-7(13)14/h4-5,11H,2-3H2,1H3,(H2,9,15)(H,10,12)(H,13,14)/t4-,5+/m1/s1. The number of primary amides is 1. The van der Waals surface area contributed by atoms with Gasteiger partial charge in [-0.2, -0.15) is 0 Å². The van der Waals surface area contributed by atoms with Crippen molar-refractivity contribution in [2.45, 2.75) is 31.9 Å². The summed E-state index contributed by atoms with van der Waals surface area (Å²) < 4.78 is 0. The number of aliphatic carboxylic acids is 1. The summed E-state index contributed by atoms with van der Waals surface area (Å²) >= 11 is 0. The van der Waals surface area contributed by atoms with Gasteiger partial charge in [0.25, 0.3) is 0 Å². The number of carboxylic acids is 1. The zero-order valence-electron chi connectivity index (χ0n) is 8.27. The first-order valence-corrected chi connectivity index (χ1v) is 4.31. The predicted octanol–water partition coefficient (Wildman–Crippen LogP) is -1.80. The summed E-state index contributed by atoms with van der Waals surface area (Å²) in [4.78, 5) is 32.1. The number of hydrogen-bond acceptors (Lipinski definition) is 4. The van der Waals surface area contributed by atoms with Crippen molar-refractivity contribution < 1.29 is 24.6 Å². The van der Waals surface area contributed by atoms with E-state index in [1.165, 1.54) is 6.92 Å². The topological polar surface area (TPSA) is 130 Å². The monoisotopic (exact) mass is 218 g/mol. The molecule has 0 unspecified atom stereocenters. The van der Waals surface area contributed by atoms with Crippen molar-refractivity contribution in [1.82, 2.24) is 5.32 Å². The van der Waals surface area contributed by atoms with E-state index in [0.717, 1.165) is 0 Å². The fourth-order valence-electron chi connectivity index (χ4n) is 0.919. The van der Waals surface area contributed by atoms with Crippen LogP contribution in [0.4, 0.5) is 0 Å². The molecule has 0 rings (SSSR count). The summed E-state index contributed by atoms with van der Waals surface area (Å²) in [5, 5.41) is 19.4. The molecule has 86 valence electrons. The molecule has 0 fully saturated rings. The Bertz CT molecular complexity index is 264. The van der Waals surface area contributed by atoms with Crippen molar-refractivity contribution >= 4 is 17.8 Å². The zero-order valence-corrected chi connectivity index (χ0v) is 8.27. The number of carboxylic acid groups (broad SMARTS) is 1. The van der Waals surface area contributed by atoms with Crippen molar-refractivity contribution in [2.24, 2.45) is 5.73 Å². The van der Waals surface area contributed by atoms with E-state index in [1.807, 2.05) is 0 Å². The van der Waals surface area contributed by atoms with E-state index in [-0.39, 0.29) is 6.42 Å². The third-order valence-electron chi connectivity index (χ3n) is 1.54. The summed E-state index contributed by atoms with van der Waals surface area (Å²) in [6, 6.07) is -1.24. The van der Waals surface area contributed by atoms with Crippen LogP contribution in [-0.4, -0.2) is 40.1 Å². The Morgan fingerprint density at radius 3 is 2.20 bits per heavy atom. The second-order valence-corrected chi connectivity index (χ2v) is 3.17. The van der Waals surface area contributed by atoms with Crippen LogP contribution in [0.1, 0.15) is 19.8 Å². The summed E-state index contributed by atoms with van der Waals surface area (Å²) in [5.41, 5.74) is 4.88. The van der Waals surface area contributed by atoms with Gasteiger partial charge in [-0.05, 0) is 6.92 Å². The molecule has 0 radical (unpaired) electrons. The fraction of sp³-hybridized carbons (Fsp3) is 0.625. The third kappa shape index (κ3) is 6.44. The molecular formula is C8H14N2O5. The van der Waals surface area contributed by atoms with Gasteiger partial charge in [0.1, 0.15) is 6.04 Å². The van der Waals surface area contributed by atoms with E-state index in [0.29, 0.717) is 0 Å². The van der Waals surface area contributed by atoms with E-state index < -0.39 is 36.4 Å². The van der Waals surface area contributed by atoms with Crippen LogP contribution in [0.2, 0.25) is 0 Å². The quantitative estimate of drug-likeness (QED) is 0.418. The molecule has 15 heavy (non-hydrogen) atoms. The molecular weight excluding hydrogens is 204 g/mol. The zero-order chi connectivity index (χ0) is 12.0. The Morgan fingerprint density at radius 2 is 1.87 bits per heavy atom. The smallest absolute Gasteiger partial charge is 0.305 e. The van der Waals surface area contributed by atoms with E-state index >= 15 is 0 Å². The fourth-order valence-corrected chi connectivity index (χ4v) is 0.919. The lowest BCUT2D eigenvalue weighted by molar-refractivity contribution is -0.140. The van der Waals surface area contributed by atoms with Gasteiger partial charge in [-0.1, -0.05) is 0 Å². The first-order chi connectivity index (χ1) is 6.82. The minimum atomic E-state index is -1.24. The number of carbonyl (C=O) groups is 3. The van der Waals surface area contributed by atoms with Gasteiger partial charge in [0, 0.05) is 0 Å². The average Bonchev–Trinajstić information content (AvgIpc) is 1.99. The highest BCUT2D eigenvalue weighted by molar-refractivity contribution is 5.89.